The summed E-state index contributed by atoms with van der Waals surface area (Å²) in [5.74, 6) is 0. The summed E-state index contributed by atoms with van der Waals surface area (Å²) in [5.41, 5.74) is -0.187. The lowest BCUT2D eigenvalue weighted by Gasteiger charge is -2.33. The molecule has 0 aromatic heterocycles. The van der Waals surface area contributed by atoms with Gasteiger partial charge in [0.2, 0.25) is 0 Å². The van der Waals surface area contributed by atoms with Crippen LogP contribution in [0.1, 0.15) is 41.0 Å². The molecule has 18 heavy (non-hydrogen) atoms. The molecule has 0 aromatic rings. The quantitative estimate of drug-likeness (QED) is 0.552. The summed E-state index contributed by atoms with van der Waals surface area (Å²) < 4.78 is 5.38. The third-order valence-corrected chi connectivity index (χ3v) is 3.17. The first-order valence-electron chi connectivity index (χ1n) is 7.16. The molecule has 0 saturated heterocycles. The van der Waals surface area contributed by atoms with Crippen LogP contribution in [0.5, 0.6) is 0 Å². The molecule has 4 heteroatoms. The van der Waals surface area contributed by atoms with Crippen molar-refractivity contribution in [1.82, 2.24) is 10.2 Å². The highest BCUT2D eigenvalue weighted by atomic mass is 16.5. The van der Waals surface area contributed by atoms with Gasteiger partial charge in [0.1, 0.15) is 0 Å². The Morgan fingerprint density at radius 2 is 1.94 bits per heavy atom. The largest absolute Gasteiger partial charge is 0.394 e. The van der Waals surface area contributed by atoms with Crippen molar-refractivity contribution in [3.8, 4) is 0 Å². The number of nitrogens with zero attached hydrogens (tertiary/aromatic N) is 1. The summed E-state index contributed by atoms with van der Waals surface area (Å²) >= 11 is 0. The van der Waals surface area contributed by atoms with E-state index in [1.807, 2.05) is 6.92 Å². The van der Waals surface area contributed by atoms with Crippen LogP contribution >= 0.6 is 0 Å². The van der Waals surface area contributed by atoms with Crippen molar-refractivity contribution in [2.45, 2.75) is 52.6 Å². The van der Waals surface area contributed by atoms with Gasteiger partial charge in [-0.1, -0.05) is 20.8 Å². The number of likely N-dealkylation sites (N-methyl/N-ethyl adjacent to an activating group) is 1. The number of aliphatic hydroxyl groups is 1. The second-order valence-electron chi connectivity index (χ2n) is 5.40. The van der Waals surface area contributed by atoms with Crippen molar-refractivity contribution in [3.63, 3.8) is 0 Å². The fourth-order valence-electron chi connectivity index (χ4n) is 2.06. The fourth-order valence-corrected chi connectivity index (χ4v) is 2.06. The summed E-state index contributed by atoms with van der Waals surface area (Å²) in [6, 6.07) is 0.389. The van der Waals surface area contributed by atoms with Gasteiger partial charge >= 0.3 is 0 Å². The number of nitrogens with one attached hydrogen (secondary N) is 1. The smallest absolute Gasteiger partial charge is 0.0611 e. The minimum Gasteiger partial charge on any atom is -0.394 e. The van der Waals surface area contributed by atoms with E-state index in [4.69, 9.17) is 4.74 Å². The number of ether oxygens (including phenoxy) is 1. The van der Waals surface area contributed by atoms with E-state index in [0.717, 1.165) is 39.3 Å². The Balaban J connectivity index is 4.06. The molecule has 0 rings (SSSR count). The lowest BCUT2D eigenvalue weighted by atomic mass is 9.97. The molecule has 1 unspecified atom stereocenters. The van der Waals surface area contributed by atoms with Crippen LogP contribution in [0.15, 0.2) is 0 Å². The molecule has 2 N–H and O–H groups in total. The molecule has 0 aromatic carbocycles. The highest BCUT2D eigenvalue weighted by molar-refractivity contribution is 4.84. The molecule has 0 aliphatic rings. The van der Waals surface area contributed by atoms with Crippen molar-refractivity contribution in [3.05, 3.63) is 0 Å². The second kappa shape index (κ2) is 9.73. The molecular formula is C14H32N2O2. The van der Waals surface area contributed by atoms with Gasteiger partial charge in [-0.2, -0.15) is 0 Å². The molecule has 0 saturated carbocycles. The van der Waals surface area contributed by atoms with E-state index in [1.54, 1.807) is 0 Å². The Labute approximate surface area is 113 Å². The molecule has 0 spiro atoms. The van der Waals surface area contributed by atoms with E-state index in [0.29, 0.717) is 6.04 Å². The van der Waals surface area contributed by atoms with E-state index in [-0.39, 0.29) is 12.1 Å². The molecule has 1 atom stereocenters. The molecule has 110 valence electrons. The van der Waals surface area contributed by atoms with E-state index in [9.17, 15) is 5.11 Å². The van der Waals surface area contributed by atoms with Gasteiger partial charge in [0.15, 0.2) is 0 Å². The van der Waals surface area contributed by atoms with Crippen LogP contribution < -0.4 is 5.32 Å². The minimum absolute atomic E-state index is 0.175. The fraction of sp³-hybridized carbons (Fsp3) is 1.00. The third kappa shape index (κ3) is 8.03. The molecule has 0 aliphatic heterocycles. The van der Waals surface area contributed by atoms with Crippen LogP contribution in [0.4, 0.5) is 0 Å². The van der Waals surface area contributed by atoms with Gasteiger partial charge in [-0.05, 0) is 26.8 Å². The van der Waals surface area contributed by atoms with Crippen molar-refractivity contribution in [2.75, 3.05) is 39.5 Å². The summed E-state index contributed by atoms with van der Waals surface area (Å²) in [6.45, 7) is 15.2. The first-order chi connectivity index (χ1) is 8.47. The average Bonchev–Trinajstić information content (AvgIpc) is 2.32. The first-order valence-corrected chi connectivity index (χ1v) is 7.16. The zero-order valence-corrected chi connectivity index (χ0v) is 12.8. The highest BCUT2D eigenvalue weighted by Crippen LogP contribution is 2.11. The standard InChI is InChI=1S/C14H32N2O2/c1-6-16(10-11-18-7-2)9-8-14(5,12-17)15-13(3)4/h13,15,17H,6-12H2,1-5H3. The van der Waals surface area contributed by atoms with Crippen LogP contribution in [0, 0.1) is 0 Å². The molecule has 0 amide bonds. The SMILES string of the molecule is CCOCCN(CC)CCC(C)(CO)NC(C)C. The summed E-state index contributed by atoms with van der Waals surface area (Å²) in [5, 5.41) is 13.0. The van der Waals surface area contributed by atoms with Crippen LogP contribution in [0.25, 0.3) is 0 Å². The van der Waals surface area contributed by atoms with Gasteiger partial charge in [0.05, 0.1) is 13.2 Å². The molecular weight excluding hydrogens is 228 g/mol. The normalized spacial score (nSPS) is 15.3. The van der Waals surface area contributed by atoms with E-state index >= 15 is 0 Å². The van der Waals surface area contributed by atoms with Gasteiger partial charge in [-0.25, -0.2) is 0 Å². The zero-order valence-electron chi connectivity index (χ0n) is 12.8. The van der Waals surface area contributed by atoms with Gasteiger partial charge in [-0.15, -0.1) is 0 Å². The summed E-state index contributed by atoms with van der Waals surface area (Å²) in [6.07, 6.45) is 0.946. The van der Waals surface area contributed by atoms with Crippen LogP contribution in [-0.2, 0) is 4.74 Å². The maximum absolute atomic E-state index is 9.53. The van der Waals surface area contributed by atoms with Gasteiger partial charge in [0.25, 0.3) is 0 Å². The van der Waals surface area contributed by atoms with E-state index in [1.165, 1.54) is 0 Å². The number of rotatable bonds is 11. The van der Waals surface area contributed by atoms with Crippen molar-refractivity contribution in [2.24, 2.45) is 0 Å². The minimum atomic E-state index is -0.187. The molecule has 0 bridgehead atoms. The van der Waals surface area contributed by atoms with Crippen LogP contribution in [0.3, 0.4) is 0 Å². The third-order valence-electron chi connectivity index (χ3n) is 3.17. The maximum atomic E-state index is 9.53. The predicted octanol–water partition coefficient (Wildman–Crippen LogP) is 1.48. The van der Waals surface area contributed by atoms with Gasteiger partial charge < -0.3 is 20.1 Å². The lowest BCUT2D eigenvalue weighted by molar-refractivity contribution is 0.101. The monoisotopic (exact) mass is 260 g/mol. The van der Waals surface area contributed by atoms with Gasteiger partial charge in [-0.3, -0.25) is 0 Å². The predicted molar refractivity (Wildman–Crippen MR) is 77.0 cm³/mol. The lowest BCUT2D eigenvalue weighted by Crippen LogP contribution is -2.51. The first kappa shape index (κ1) is 17.8. The zero-order chi connectivity index (χ0) is 14.0. The highest BCUT2D eigenvalue weighted by Gasteiger charge is 2.24. The Bertz CT molecular complexity index is 200. The molecule has 0 heterocycles. The molecule has 0 radical (unpaired) electrons. The number of aliphatic hydroxyl groups excluding tert-OH is 1. The van der Waals surface area contributed by atoms with Crippen LogP contribution in [0.2, 0.25) is 0 Å². The molecule has 4 nitrogen and oxygen atoms in total. The summed E-state index contributed by atoms with van der Waals surface area (Å²) in [4.78, 5) is 2.37. The van der Waals surface area contributed by atoms with E-state index < -0.39 is 0 Å². The van der Waals surface area contributed by atoms with Crippen LogP contribution in [-0.4, -0.2) is 61.0 Å². The summed E-state index contributed by atoms with van der Waals surface area (Å²) in [7, 11) is 0. The maximum Gasteiger partial charge on any atom is 0.0611 e. The molecule has 0 aliphatic carbocycles. The Morgan fingerprint density at radius 1 is 1.28 bits per heavy atom. The molecule has 0 fully saturated rings. The van der Waals surface area contributed by atoms with E-state index in [2.05, 4.69) is 37.9 Å². The average molecular weight is 260 g/mol. The Hall–Kier alpha value is -0.160. The second-order valence-corrected chi connectivity index (χ2v) is 5.40. The number of hydrogen-bond acceptors (Lipinski definition) is 4. The topological polar surface area (TPSA) is 44.7 Å². The van der Waals surface area contributed by atoms with Gasteiger partial charge in [0, 0.05) is 31.3 Å². The Morgan fingerprint density at radius 3 is 2.39 bits per heavy atom. The van der Waals surface area contributed by atoms with Crippen molar-refractivity contribution >= 4 is 0 Å². The number of hydrogen-bond donors (Lipinski definition) is 2. The Kier molecular flexibility index (Phi) is 9.64. The van der Waals surface area contributed by atoms with Crippen molar-refractivity contribution < 1.29 is 9.84 Å². The van der Waals surface area contributed by atoms with Crippen molar-refractivity contribution in [1.29, 1.82) is 0 Å².